The van der Waals surface area contributed by atoms with Crippen LogP contribution in [0.3, 0.4) is 0 Å². The van der Waals surface area contributed by atoms with Crippen LogP contribution in [0.4, 0.5) is 0 Å². The third kappa shape index (κ3) is 3.50. The Kier molecular flexibility index (Phi) is 4.48. The molecule has 3 heterocycles. The summed E-state index contributed by atoms with van der Waals surface area (Å²) >= 11 is 0. The average molecular weight is 323 g/mol. The predicted octanol–water partition coefficient (Wildman–Crippen LogP) is -0.0661. The fourth-order valence-corrected chi connectivity index (χ4v) is 3.31. The summed E-state index contributed by atoms with van der Waals surface area (Å²) in [6, 6.07) is 5.37. The third-order valence-electron chi connectivity index (χ3n) is 3.32. The number of hydrogen-bond donors (Lipinski definition) is 1. The quantitative estimate of drug-likeness (QED) is 0.832. The zero-order chi connectivity index (χ0) is 15.4. The molecule has 3 rings (SSSR count). The van der Waals surface area contributed by atoms with Gasteiger partial charge in [0.1, 0.15) is 0 Å². The molecule has 0 radical (unpaired) electrons. The highest BCUT2D eigenvalue weighted by Gasteiger charge is 2.23. The fourth-order valence-electron chi connectivity index (χ4n) is 2.15. The molecule has 22 heavy (non-hydrogen) atoms. The van der Waals surface area contributed by atoms with Crippen LogP contribution in [0, 0.1) is 0 Å². The van der Waals surface area contributed by atoms with E-state index in [-0.39, 0.29) is 6.54 Å². The summed E-state index contributed by atoms with van der Waals surface area (Å²) in [5, 5.41) is 4.10. The molecule has 0 spiro atoms. The van der Waals surface area contributed by atoms with Crippen LogP contribution >= 0.6 is 0 Å². The number of pyridine rings is 1. The highest BCUT2D eigenvalue weighted by molar-refractivity contribution is 7.87. The van der Waals surface area contributed by atoms with Crippen LogP contribution in [0.2, 0.25) is 0 Å². The number of nitrogens with one attached hydrogen (secondary N) is 1. The number of aromatic nitrogens is 3. The van der Waals surface area contributed by atoms with Gasteiger partial charge in [0.25, 0.3) is 10.2 Å². The second-order valence-corrected chi connectivity index (χ2v) is 6.57. The van der Waals surface area contributed by atoms with Gasteiger partial charge in [0.05, 0.1) is 13.2 Å². The first-order valence-electron chi connectivity index (χ1n) is 6.92. The van der Waals surface area contributed by atoms with Crippen LogP contribution in [0.25, 0.3) is 5.82 Å². The molecule has 1 fully saturated rings. The number of ether oxygens (including phenoxy) is 1. The molecule has 0 atom stereocenters. The molecule has 118 valence electrons. The van der Waals surface area contributed by atoms with Crippen LogP contribution < -0.4 is 4.72 Å². The summed E-state index contributed by atoms with van der Waals surface area (Å²) in [6.45, 7) is 1.82. The molecule has 0 aromatic carbocycles. The van der Waals surface area contributed by atoms with Crippen molar-refractivity contribution in [3.05, 3.63) is 42.4 Å². The van der Waals surface area contributed by atoms with Gasteiger partial charge in [-0.15, -0.1) is 0 Å². The lowest BCUT2D eigenvalue weighted by molar-refractivity contribution is 0.0725. The summed E-state index contributed by atoms with van der Waals surface area (Å²) in [5.41, 5.74) is 0.817. The number of rotatable bonds is 5. The van der Waals surface area contributed by atoms with Gasteiger partial charge >= 0.3 is 0 Å². The topological polar surface area (TPSA) is 89.3 Å². The normalized spacial score (nSPS) is 16.7. The molecule has 1 aliphatic rings. The van der Waals surface area contributed by atoms with Crippen molar-refractivity contribution in [2.45, 2.75) is 6.54 Å². The Labute approximate surface area is 128 Å². The van der Waals surface area contributed by atoms with Gasteiger partial charge in [-0.1, -0.05) is 0 Å². The molecule has 0 aliphatic carbocycles. The van der Waals surface area contributed by atoms with Crippen molar-refractivity contribution < 1.29 is 13.2 Å². The van der Waals surface area contributed by atoms with E-state index in [1.807, 2.05) is 0 Å². The van der Waals surface area contributed by atoms with Gasteiger partial charge in [-0.05, 0) is 23.8 Å². The summed E-state index contributed by atoms with van der Waals surface area (Å²) < 4.78 is 35.2. The van der Waals surface area contributed by atoms with Crippen molar-refractivity contribution in [3.8, 4) is 5.82 Å². The number of hydrogen-bond acceptors (Lipinski definition) is 5. The minimum atomic E-state index is -3.49. The lowest BCUT2D eigenvalue weighted by atomic mass is 10.2. The molecule has 0 unspecified atom stereocenters. The molecule has 9 heteroatoms. The van der Waals surface area contributed by atoms with E-state index in [4.69, 9.17) is 4.74 Å². The maximum Gasteiger partial charge on any atom is 0.279 e. The van der Waals surface area contributed by atoms with Gasteiger partial charge in [0.15, 0.2) is 5.82 Å². The second kappa shape index (κ2) is 6.53. The van der Waals surface area contributed by atoms with Gasteiger partial charge < -0.3 is 4.74 Å². The van der Waals surface area contributed by atoms with Crippen molar-refractivity contribution >= 4 is 10.2 Å². The molecule has 2 aromatic heterocycles. The summed E-state index contributed by atoms with van der Waals surface area (Å²) in [4.78, 5) is 4.21. The van der Waals surface area contributed by atoms with E-state index in [2.05, 4.69) is 14.8 Å². The molecule has 0 amide bonds. The SMILES string of the molecule is O=S(=O)(NCc1ccnc(-n2cccn2)c1)N1CCOCC1. The van der Waals surface area contributed by atoms with Crippen LogP contribution in [-0.4, -0.2) is 53.8 Å². The highest BCUT2D eigenvalue weighted by atomic mass is 32.2. The van der Waals surface area contributed by atoms with Gasteiger partial charge in [-0.3, -0.25) is 0 Å². The number of nitrogens with zero attached hydrogens (tertiary/aromatic N) is 4. The van der Waals surface area contributed by atoms with Crippen LogP contribution in [0.1, 0.15) is 5.56 Å². The molecule has 2 aromatic rings. The fraction of sp³-hybridized carbons (Fsp3) is 0.385. The summed E-state index contributed by atoms with van der Waals surface area (Å²) in [6.07, 6.45) is 5.08. The lowest BCUT2D eigenvalue weighted by Crippen LogP contribution is -2.46. The van der Waals surface area contributed by atoms with E-state index in [9.17, 15) is 8.42 Å². The van der Waals surface area contributed by atoms with Gasteiger partial charge in [0.2, 0.25) is 0 Å². The maximum absolute atomic E-state index is 12.2. The van der Waals surface area contributed by atoms with E-state index in [1.54, 1.807) is 41.5 Å². The Bertz CT molecular complexity index is 711. The summed E-state index contributed by atoms with van der Waals surface area (Å²) in [7, 11) is -3.49. The van der Waals surface area contributed by atoms with Crippen molar-refractivity contribution in [2.75, 3.05) is 26.3 Å². The minimum Gasteiger partial charge on any atom is -0.379 e. The number of morpholine rings is 1. The van der Waals surface area contributed by atoms with E-state index in [0.29, 0.717) is 32.1 Å². The predicted molar refractivity (Wildman–Crippen MR) is 79.5 cm³/mol. The highest BCUT2D eigenvalue weighted by Crippen LogP contribution is 2.08. The molecular formula is C13H17N5O3S. The Hall–Kier alpha value is -1.81. The lowest BCUT2D eigenvalue weighted by Gasteiger charge is -2.26. The molecule has 1 saturated heterocycles. The van der Waals surface area contributed by atoms with E-state index < -0.39 is 10.2 Å². The van der Waals surface area contributed by atoms with E-state index >= 15 is 0 Å². The maximum atomic E-state index is 12.2. The summed E-state index contributed by atoms with van der Waals surface area (Å²) in [5.74, 6) is 0.646. The van der Waals surface area contributed by atoms with Crippen molar-refractivity contribution in [2.24, 2.45) is 0 Å². The van der Waals surface area contributed by atoms with Crippen LogP contribution in [0.15, 0.2) is 36.8 Å². The molecule has 0 saturated carbocycles. The zero-order valence-electron chi connectivity index (χ0n) is 11.9. The second-order valence-electron chi connectivity index (χ2n) is 4.81. The molecule has 1 aliphatic heterocycles. The Balaban J connectivity index is 1.67. The molecule has 1 N–H and O–H groups in total. The van der Waals surface area contributed by atoms with Crippen molar-refractivity contribution in [1.82, 2.24) is 23.8 Å². The first kappa shape index (κ1) is 15.1. The van der Waals surface area contributed by atoms with Gasteiger partial charge in [0, 0.05) is 38.2 Å². The largest absolute Gasteiger partial charge is 0.379 e. The molecule has 8 nitrogen and oxygen atoms in total. The Morgan fingerprint density at radius 2 is 2.09 bits per heavy atom. The first-order valence-corrected chi connectivity index (χ1v) is 8.36. The molecule has 0 bridgehead atoms. The zero-order valence-corrected chi connectivity index (χ0v) is 12.7. The molecular weight excluding hydrogens is 306 g/mol. The van der Waals surface area contributed by atoms with E-state index in [0.717, 1.165) is 5.56 Å². The third-order valence-corrected chi connectivity index (χ3v) is 4.87. The van der Waals surface area contributed by atoms with Crippen LogP contribution in [0.5, 0.6) is 0 Å². The first-order chi connectivity index (χ1) is 10.6. The van der Waals surface area contributed by atoms with Gasteiger partial charge in [-0.2, -0.15) is 22.5 Å². The van der Waals surface area contributed by atoms with Crippen molar-refractivity contribution in [1.29, 1.82) is 0 Å². The monoisotopic (exact) mass is 323 g/mol. The van der Waals surface area contributed by atoms with Crippen LogP contribution in [-0.2, 0) is 21.5 Å². The smallest absolute Gasteiger partial charge is 0.279 e. The Morgan fingerprint density at radius 3 is 2.82 bits per heavy atom. The van der Waals surface area contributed by atoms with Gasteiger partial charge in [-0.25, -0.2) is 9.67 Å². The van der Waals surface area contributed by atoms with E-state index in [1.165, 1.54) is 4.31 Å². The van der Waals surface area contributed by atoms with Crippen molar-refractivity contribution in [3.63, 3.8) is 0 Å². The Morgan fingerprint density at radius 1 is 1.27 bits per heavy atom. The minimum absolute atomic E-state index is 0.205. The standard InChI is InChI=1S/C13H17N5O3S/c19-22(20,17-6-8-21-9-7-17)16-11-12-2-4-14-13(10-12)18-5-1-3-15-18/h1-5,10,16H,6-9,11H2. The average Bonchev–Trinajstić information content (AvgIpc) is 3.09.